The Balaban J connectivity index is 2.27. The lowest BCUT2D eigenvalue weighted by molar-refractivity contribution is 0.0496. The van der Waals surface area contributed by atoms with Crippen LogP contribution in [0.3, 0.4) is 0 Å². The van der Waals surface area contributed by atoms with Gasteiger partial charge < -0.3 is 15.4 Å². The van der Waals surface area contributed by atoms with Crippen LogP contribution in [0.25, 0.3) is 0 Å². The van der Waals surface area contributed by atoms with Crippen LogP contribution in [0.1, 0.15) is 32.6 Å². The molecular weight excluding hydrogens is 255 g/mol. The number of hydrogen-bond acceptors (Lipinski definition) is 3. The van der Waals surface area contributed by atoms with Gasteiger partial charge in [-0.3, -0.25) is 0 Å². The average Bonchev–Trinajstić information content (AvgIpc) is 2.50. The third-order valence-corrected chi connectivity index (χ3v) is 4.61. The van der Waals surface area contributed by atoms with Crippen molar-refractivity contribution in [3.05, 3.63) is 30.1 Å². The van der Waals surface area contributed by atoms with Gasteiger partial charge in [-0.2, -0.15) is 0 Å². The fourth-order valence-electron chi connectivity index (χ4n) is 3.38. The van der Waals surface area contributed by atoms with Crippen molar-refractivity contribution in [1.29, 1.82) is 0 Å². The van der Waals surface area contributed by atoms with Crippen molar-refractivity contribution >= 4 is 5.69 Å². The van der Waals surface area contributed by atoms with Crippen LogP contribution in [-0.2, 0) is 4.74 Å². The van der Waals surface area contributed by atoms with Gasteiger partial charge in [-0.1, -0.05) is 12.1 Å². The summed E-state index contributed by atoms with van der Waals surface area (Å²) in [6.45, 7) is 3.37. The molecule has 20 heavy (non-hydrogen) atoms. The van der Waals surface area contributed by atoms with Crippen LogP contribution < -0.4 is 10.6 Å². The first-order chi connectivity index (χ1) is 9.66. The summed E-state index contributed by atoms with van der Waals surface area (Å²) in [6.07, 6.45) is 4.18. The minimum atomic E-state index is -0.170. The molecule has 1 aromatic rings. The Hall–Kier alpha value is -1.13. The number of nitrogens with zero attached hydrogens (tertiary/aromatic N) is 1. The molecule has 1 saturated carbocycles. The number of halogens is 1. The number of likely N-dealkylation sites (N-methyl/N-ethyl adjacent to an activating group) is 1. The minimum Gasteiger partial charge on any atom is -0.381 e. The first-order valence-electron chi connectivity index (χ1n) is 7.42. The van der Waals surface area contributed by atoms with Gasteiger partial charge in [0, 0.05) is 20.2 Å². The first kappa shape index (κ1) is 15.3. The molecule has 4 heteroatoms. The molecule has 3 nitrogen and oxygen atoms in total. The number of anilines is 1. The van der Waals surface area contributed by atoms with Gasteiger partial charge in [0.2, 0.25) is 0 Å². The number of para-hydroxylation sites is 1. The lowest BCUT2D eigenvalue weighted by atomic mass is 9.78. The van der Waals surface area contributed by atoms with Crippen molar-refractivity contribution in [2.24, 2.45) is 5.73 Å². The Morgan fingerprint density at radius 2 is 2.00 bits per heavy atom. The lowest BCUT2D eigenvalue weighted by Gasteiger charge is -2.48. The SMILES string of the molecule is CCN(c1ccccc1F)C1(CN)CCC(OC)CC1. The van der Waals surface area contributed by atoms with Crippen molar-refractivity contribution in [3.8, 4) is 0 Å². The van der Waals surface area contributed by atoms with E-state index >= 15 is 0 Å². The van der Waals surface area contributed by atoms with Gasteiger partial charge >= 0.3 is 0 Å². The summed E-state index contributed by atoms with van der Waals surface area (Å²) in [4.78, 5) is 2.15. The highest BCUT2D eigenvalue weighted by atomic mass is 19.1. The summed E-state index contributed by atoms with van der Waals surface area (Å²) in [7, 11) is 1.76. The quantitative estimate of drug-likeness (QED) is 0.901. The highest BCUT2D eigenvalue weighted by molar-refractivity contribution is 5.50. The Bertz CT molecular complexity index is 430. The molecule has 0 aromatic heterocycles. The third-order valence-electron chi connectivity index (χ3n) is 4.61. The highest BCUT2D eigenvalue weighted by Crippen LogP contribution is 2.37. The topological polar surface area (TPSA) is 38.5 Å². The first-order valence-corrected chi connectivity index (χ1v) is 7.42. The van der Waals surface area contributed by atoms with E-state index < -0.39 is 0 Å². The molecule has 112 valence electrons. The van der Waals surface area contributed by atoms with Gasteiger partial charge in [0.1, 0.15) is 5.82 Å². The van der Waals surface area contributed by atoms with E-state index in [2.05, 4.69) is 11.8 Å². The van der Waals surface area contributed by atoms with E-state index in [-0.39, 0.29) is 11.4 Å². The molecular formula is C16H25FN2O. The van der Waals surface area contributed by atoms with Crippen molar-refractivity contribution in [2.45, 2.75) is 44.2 Å². The van der Waals surface area contributed by atoms with E-state index in [1.807, 2.05) is 12.1 Å². The second-order valence-corrected chi connectivity index (χ2v) is 5.56. The molecule has 0 unspecified atom stereocenters. The lowest BCUT2D eigenvalue weighted by Crippen LogP contribution is -2.57. The van der Waals surface area contributed by atoms with Crippen LogP contribution in [0.5, 0.6) is 0 Å². The number of ether oxygens (including phenoxy) is 1. The summed E-state index contributed by atoms with van der Waals surface area (Å²) < 4.78 is 19.6. The Labute approximate surface area is 120 Å². The highest BCUT2D eigenvalue weighted by Gasteiger charge is 2.39. The van der Waals surface area contributed by atoms with Crippen LogP contribution >= 0.6 is 0 Å². The molecule has 0 atom stereocenters. The smallest absolute Gasteiger partial charge is 0.146 e. The zero-order valence-electron chi connectivity index (χ0n) is 12.4. The fraction of sp³-hybridized carbons (Fsp3) is 0.625. The predicted octanol–water partition coefficient (Wildman–Crippen LogP) is 2.94. The normalized spacial score (nSPS) is 26.5. The van der Waals surface area contributed by atoms with Gasteiger partial charge in [-0.15, -0.1) is 0 Å². The van der Waals surface area contributed by atoms with Crippen molar-refractivity contribution < 1.29 is 9.13 Å². The van der Waals surface area contributed by atoms with E-state index in [0.29, 0.717) is 18.3 Å². The van der Waals surface area contributed by atoms with Crippen LogP contribution in [0.2, 0.25) is 0 Å². The van der Waals surface area contributed by atoms with E-state index in [1.54, 1.807) is 13.2 Å². The fourth-order valence-corrected chi connectivity index (χ4v) is 3.38. The third kappa shape index (κ3) is 2.81. The van der Waals surface area contributed by atoms with Crippen molar-refractivity contribution in [3.63, 3.8) is 0 Å². The zero-order valence-corrected chi connectivity index (χ0v) is 12.4. The molecule has 0 amide bonds. The molecule has 2 rings (SSSR count). The van der Waals surface area contributed by atoms with E-state index in [9.17, 15) is 4.39 Å². The summed E-state index contributed by atoms with van der Waals surface area (Å²) >= 11 is 0. The van der Waals surface area contributed by atoms with E-state index in [0.717, 1.165) is 32.2 Å². The Morgan fingerprint density at radius 1 is 1.35 bits per heavy atom. The molecule has 2 N–H and O–H groups in total. The van der Waals surface area contributed by atoms with Crippen molar-refractivity contribution in [1.82, 2.24) is 0 Å². The summed E-state index contributed by atoms with van der Waals surface area (Å²) in [6, 6.07) is 6.97. The van der Waals surface area contributed by atoms with Gasteiger partial charge in [-0.05, 0) is 44.7 Å². The standard InChI is InChI=1S/C16H25FN2O/c1-3-19(15-7-5-4-6-14(15)17)16(12-18)10-8-13(20-2)9-11-16/h4-7,13H,3,8-12,18H2,1-2H3. The van der Waals surface area contributed by atoms with Crippen LogP contribution in [0.4, 0.5) is 10.1 Å². The molecule has 0 bridgehead atoms. The van der Waals surface area contributed by atoms with E-state index in [4.69, 9.17) is 10.5 Å². The molecule has 0 aliphatic heterocycles. The Kier molecular flexibility index (Phi) is 5.00. The summed E-state index contributed by atoms with van der Waals surface area (Å²) in [5.74, 6) is -0.170. The second-order valence-electron chi connectivity index (χ2n) is 5.56. The molecule has 0 heterocycles. The number of methoxy groups -OCH3 is 1. The molecule has 1 aliphatic carbocycles. The summed E-state index contributed by atoms with van der Waals surface area (Å²) in [5, 5.41) is 0. The maximum Gasteiger partial charge on any atom is 0.146 e. The molecule has 1 aromatic carbocycles. The van der Waals surface area contributed by atoms with E-state index in [1.165, 1.54) is 6.07 Å². The summed E-state index contributed by atoms with van der Waals surface area (Å²) in [5.41, 5.74) is 6.60. The average molecular weight is 280 g/mol. The number of hydrogen-bond donors (Lipinski definition) is 1. The number of nitrogens with two attached hydrogens (primary N) is 1. The van der Waals surface area contributed by atoms with Crippen LogP contribution in [-0.4, -0.2) is 31.8 Å². The molecule has 0 saturated heterocycles. The van der Waals surface area contributed by atoms with Gasteiger partial charge in [0.25, 0.3) is 0 Å². The maximum atomic E-state index is 14.1. The van der Waals surface area contributed by atoms with Crippen LogP contribution in [0.15, 0.2) is 24.3 Å². The van der Waals surface area contributed by atoms with Gasteiger partial charge in [-0.25, -0.2) is 4.39 Å². The predicted molar refractivity (Wildman–Crippen MR) is 80.5 cm³/mol. The zero-order chi connectivity index (χ0) is 14.6. The number of rotatable bonds is 5. The Morgan fingerprint density at radius 3 is 2.50 bits per heavy atom. The monoisotopic (exact) mass is 280 g/mol. The second kappa shape index (κ2) is 6.55. The largest absolute Gasteiger partial charge is 0.381 e. The van der Waals surface area contributed by atoms with Gasteiger partial charge in [0.15, 0.2) is 0 Å². The molecule has 1 fully saturated rings. The minimum absolute atomic E-state index is 0.147. The molecule has 0 spiro atoms. The maximum absolute atomic E-state index is 14.1. The van der Waals surface area contributed by atoms with Crippen LogP contribution in [0, 0.1) is 5.82 Å². The number of benzene rings is 1. The van der Waals surface area contributed by atoms with Crippen molar-refractivity contribution in [2.75, 3.05) is 25.1 Å². The molecule has 1 aliphatic rings. The molecule has 0 radical (unpaired) electrons. The van der Waals surface area contributed by atoms with Gasteiger partial charge in [0.05, 0.1) is 17.3 Å².